The molecule has 0 radical (unpaired) electrons. The Kier molecular flexibility index (Phi) is 6.93. The SMILES string of the molecule is C=C[C@H](C)/C=C(\C=C(/C)CN1CCC(F)(F)C1)c1cc2c(-c3cc4c(-c5cccs5)cncc4[nH]3)n[nH]c2cn1. The molecule has 0 saturated carbocycles. The Hall–Kier alpha value is -3.95. The largest absolute Gasteiger partial charge is 0.352 e. The van der Waals surface area contributed by atoms with E-state index in [1.807, 2.05) is 43.6 Å². The van der Waals surface area contributed by atoms with Crippen molar-refractivity contribution in [2.75, 3.05) is 19.6 Å². The van der Waals surface area contributed by atoms with Gasteiger partial charge in [-0.3, -0.25) is 20.0 Å². The Morgan fingerprint density at radius 3 is 2.85 bits per heavy atom. The fraction of sp³-hybridized carbons (Fsp3) is 0.258. The maximum absolute atomic E-state index is 13.7. The minimum Gasteiger partial charge on any atom is -0.352 e. The minimum absolute atomic E-state index is 0.0867. The second-order valence-electron chi connectivity index (χ2n) is 10.5. The van der Waals surface area contributed by atoms with Crippen molar-refractivity contribution in [3.63, 3.8) is 0 Å². The number of thiophene rings is 1. The van der Waals surface area contributed by atoms with Gasteiger partial charge in [0, 0.05) is 46.9 Å². The lowest BCUT2D eigenvalue weighted by molar-refractivity contribution is 0.0131. The highest BCUT2D eigenvalue weighted by molar-refractivity contribution is 7.13. The number of aromatic amines is 2. The summed E-state index contributed by atoms with van der Waals surface area (Å²) in [6.45, 7) is 8.66. The molecule has 40 heavy (non-hydrogen) atoms. The number of likely N-dealkylation sites (tertiary alicyclic amines) is 1. The lowest BCUT2D eigenvalue weighted by Crippen LogP contribution is -2.26. The molecule has 5 aromatic heterocycles. The molecule has 5 aromatic rings. The van der Waals surface area contributed by atoms with Gasteiger partial charge in [-0.05, 0) is 42.0 Å². The molecule has 0 aliphatic carbocycles. The zero-order valence-corrected chi connectivity index (χ0v) is 23.2. The highest BCUT2D eigenvalue weighted by atomic mass is 32.1. The van der Waals surface area contributed by atoms with E-state index in [0.717, 1.165) is 60.5 Å². The lowest BCUT2D eigenvalue weighted by atomic mass is 10.0. The zero-order chi connectivity index (χ0) is 27.9. The zero-order valence-electron chi connectivity index (χ0n) is 22.4. The van der Waals surface area contributed by atoms with Crippen LogP contribution in [0.5, 0.6) is 0 Å². The summed E-state index contributed by atoms with van der Waals surface area (Å²) in [5, 5.41) is 11.8. The van der Waals surface area contributed by atoms with Gasteiger partial charge in [-0.25, -0.2) is 8.78 Å². The van der Waals surface area contributed by atoms with Crippen LogP contribution in [0.4, 0.5) is 8.78 Å². The van der Waals surface area contributed by atoms with E-state index in [1.54, 1.807) is 22.4 Å². The van der Waals surface area contributed by atoms with Crippen molar-refractivity contribution in [1.82, 2.24) is 30.0 Å². The number of fused-ring (bicyclic) bond motifs is 2. The van der Waals surface area contributed by atoms with Crippen molar-refractivity contribution in [3.8, 4) is 21.8 Å². The molecule has 1 atom stereocenters. The monoisotopic (exact) mass is 556 g/mol. The van der Waals surface area contributed by atoms with Gasteiger partial charge in [0.25, 0.3) is 5.92 Å². The van der Waals surface area contributed by atoms with Crippen LogP contribution in [0.25, 0.3) is 49.2 Å². The summed E-state index contributed by atoms with van der Waals surface area (Å²) < 4.78 is 27.5. The molecule has 1 fully saturated rings. The van der Waals surface area contributed by atoms with Crippen LogP contribution in [0, 0.1) is 5.92 Å². The third kappa shape index (κ3) is 5.26. The number of H-pyrrole nitrogens is 2. The van der Waals surface area contributed by atoms with Gasteiger partial charge in [0.05, 0.1) is 41.4 Å². The van der Waals surface area contributed by atoms with Gasteiger partial charge in [-0.1, -0.05) is 36.8 Å². The number of hydrogen-bond acceptors (Lipinski definition) is 5. The Balaban J connectivity index is 1.38. The maximum atomic E-state index is 13.7. The van der Waals surface area contributed by atoms with Gasteiger partial charge in [0.15, 0.2) is 0 Å². The molecule has 204 valence electrons. The predicted molar refractivity (Wildman–Crippen MR) is 159 cm³/mol. The average molecular weight is 557 g/mol. The summed E-state index contributed by atoms with van der Waals surface area (Å²) in [6.07, 6.45) is 11.5. The van der Waals surface area contributed by atoms with Crippen LogP contribution >= 0.6 is 11.3 Å². The Labute approximate surface area is 235 Å². The van der Waals surface area contributed by atoms with Crippen LogP contribution in [0.3, 0.4) is 0 Å². The van der Waals surface area contributed by atoms with E-state index in [0.29, 0.717) is 13.1 Å². The third-order valence-corrected chi connectivity index (χ3v) is 8.17. The molecule has 6 heterocycles. The molecule has 1 aliphatic rings. The molecular weight excluding hydrogens is 526 g/mol. The number of pyridine rings is 2. The highest BCUT2D eigenvalue weighted by Crippen LogP contribution is 2.36. The molecule has 0 amide bonds. The van der Waals surface area contributed by atoms with Crippen LogP contribution in [0.2, 0.25) is 0 Å². The van der Waals surface area contributed by atoms with Crippen molar-refractivity contribution in [2.24, 2.45) is 5.92 Å². The fourth-order valence-electron chi connectivity index (χ4n) is 5.25. The molecule has 1 aliphatic heterocycles. The van der Waals surface area contributed by atoms with E-state index in [4.69, 9.17) is 4.98 Å². The van der Waals surface area contributed by atoms with Gasteiger partial charge in [0.2, 0.25) is 0 Å². The van der Waals surface area contributed by atoms with Crippen LogP contribution in [-0.4, -0.2) is 55.6 Å². The summed E-state index contributed by atoms with van der Waals surface area (Å²) >= 11 is 1.68. The normalized spacial score (nSPS) is 17.2. The fourth-order valence-corrected chi connectivity index (χ4v) is 6.00. The summed E-state index contributed by atoms with van der Waals surface area (Å²) in [5.41, 5.74) is 7.23. The summed E-state index contributed by atoms with van der Waals surface area (Å²) in [6, 6.07) is 8.29. The average Bonchev–Trinajstić information content (AvgIpc) is 3.73. The van der Waals surface area contributed by atoms with Gasteiger partial charge >= 0.3 is 0 Å². The van der Waals surface area contributed by atoms with E-state index < -0.39 is 5.92 Å². The first kappa shape index (κ1) is 26.3. The van der Waals surface area contributed by atoms with Crippen molar-refractivity contribution < 1.29 is 8.78 Å². The van der Waals surface area contributed by atoms with Crippen molar-refractivity contribution >= 4 is 38.7 Å². The smallest absolute Gasteiger partial charge is 0.261 e. The highest BCUT2D eigenvalue weighted by Gasteiger charge is 2.37. The third-order valence-electron chi connectivity index (χ3n) is 7.27. The van der Waals surface area contributed by atoms with E-state index in [9.17, 15) is 8.78 Å². The van der Waals surface area contributed by atoms with Gasteiger partial charge in [-0.15, -0.1) is 17.9 Å². The van der Waals surface area contributed by atoms with Crippen LogP contribution in [0.15, 0.2) is 78.6 Å². The van der Waals surface area contributed by atoms with Crippen LogP contribution < -0.4 is 0 Å². The quantitative estimate of drug-likeness (QED) is 0.152. The van der Waals surface area contributed by atoms with E-state index in [1.165, 1.54) is 0 Å². The number of nitrogens with one attached hydrogen (secondary N) is 2. The summed E-state index contributed by atoms with van der Waals surface area (Å²) in [5.74, 6) is -2.50. The lowest BCUT2D eigenvalue weighted by Gasteiger charge is -2.16. The summed E-state index contributed by atoms with van der Waals surface area (Å²) in [7, 11) is 0. The minimum atomic E-state index is -2.61. The molecule has 0 bridgehead atoms. The van der Waals surface area contributed by atoms with E-state index in [-0.39, 0.29) is 18.9 Å². The second-order valence-corrected chi connectivity index (χ2v) is 11.5. The predicted octanol–water partition coefficient (Wildman–Crippen LogP) is 7.72. The van der Waals surface area contributed by atoms with Gasteiger partial charge in [-0.2, -0.15) is 5.10 Å². The number of allylic oxidation sites excluding steroid dienone is 4. The number of halogens is 2. The molecule has 2 N–H and O–H groups in total. The number of hydrogen-bond donors (Lipinski definition) is 2. The van der Waals surface area contributed by atoms with Gasteiger partial charge in [0.1, 0.15) is 5.69 Å². The number of nitrogens with zero attached hydrogens (tertiary/aromatic N) is 4. The standard InChI is InChI=1S/C31H30F2N6S/c1-4-19(2)10-21(11-20(3)17-39-8-7-31(32,33)18-39)25-13-23-28(16-35-25)37-38-30(23)26-12-22-24(29-6-5-9-40-29)14-34-15-27(22)36-26/h4-6,9-16,19,36H,1,7-8,17-18H2,2-3H3,(H,37,38)/b20-11+,21-10+/t19-/m0/s1. The summed E-state index contributed by atoms with van der Waals surface area (Å²) in [4.78, 5) is 15.6. The Morgan fingerprint density at radius 1 is 1.23 bits per heavy atom. The van der Waals surface area contributed by atoms with Crippen LogP contribution in [0.1, 0.15) is 26.0 Å². The first-order valence-electron chi connectivity index (χ1n) is 13.3. The van der Waals surface area contributed by atoms with Crippen molar-refractivity contribution in [2.45, 2.75) is 26.2 Å². The van der Waals surface area contributed by atoms with Crippen molar-refractivity contribution in [1.29, 1.82) is 0 Å². The number of alkyl halides is 2. The first-order chi connectivity index (χ1) is 19.3. The molecule has 0 spiro atoms. The molecular formula is C31H30F2N6S. The number of aromatic nitrogens is 5. The Bertz CT molecular complexity index is 1740. The second kappa shape index (κ2) is 10.6. The maximum Gasteiger partial charge on any atom is 0.261 e. The Morgan fingerprint density at radius 2 is 2.10 bits per heavy atom. The van der Waals surface area contributed by atoms with Gasteiger partial charge < -0.3 is 4.98 Å². The molecule has 0 aromatic carbocycles. The number of rotatable bonds is 8. The molecule has 6 nitrogen and oxygen atoms in total. The van der Waals surface area contributed by atoms with Crippen molar-refractivity contribution in [3.05, 3.63) is 84.3 Å². The van der Waals surface area contributed by atoms with Crippen LogP contribution in [-0.2, 0) is 0 Å². The first-order valence-corrected chi connectivity index (χ1v) is 14.1. The molecule has 9 heteroatoms. The molecule has 6 rings (SSSR count). The molecule has 1 saturated heterocycles. The topological polar surface area (TPSA) is 73.5 Å². The van der Waals surface area contributed by atoms with E-state index >= 15 is 0 Å². The van der Waals surface area contributed by atoms with E-state index in [2.05, 4.69) is 57.3 Å². The molecule has 0 unspecified atom stereocenters.